The molecule has 0 saturated carbocycles. The summed E-state index contributed by atoms with van der Waals surface area (Å²) in [5.74, 6) is -1.49. The Kier molecular flexibility index (Phi) is 32.5. The summed E-state index contributed by atoms with van der Waals surface area (Å²) in [4.78, 5) is 18.7. The molecule has 0 aliphatic rings. The molecule has 0 atom stereocenters. The quantitative estimate of drug-likeness (QED) is 0.723. The van der Waals surface area contributed by atoms with Gasteiger partial charge in [-0.15, -0.1) is 0 Å². The van der Waals surface area contributed by atoms with Crippen molar-refractivity contribution in [3.8, 4) is 0 Å². The van der Waals surface area contributed by atoms with Crippen molar-refractivity contribution in [3.63, 3.8) is 0 Å². The van der Waals surface area contributed by atoms with Crippen molar-refractivity contribution < 1.29 is 53.9 Å². The summed E-state index contributed by atoms with van der Waals surface area (Å²) >= 11 is 0. The number of carboxylic acid groups (broad SMARTS) is 2. The molecule has 0 heterocycles. The Balaban J connectivity index is -0.0000000457. The normalized spacial score (nSPS) is 6.17. The maximum absolute atomic E-state index is 9.37. The van der Waals surface area contributed by atoms with Crippen LogP contribution < -0.4 is 0 Å². The van der Waals surface area contributed by atoms with Gasteiger partial charge in [-0.05, 0) is 0 Å². The number of carboxylic acids is 2. The van der Waals surface area contributed by atoms with Crippen LogP contribution in [0.25, 0.3) is 0 Å². The molecular formula is C6H12Mn2O4. The second kappa shape index (κ2) is 17.2. The zero-order valence-corrected chi connectivity index (χ0v) is 9.24. The van der Waals surface area contributed by atoms with Gasteiger partial charge in [0.2, 0.25) is 0 Å². The van der Waals surface area contributed by atoms with Crippen LogP contribution in [0.5, 0.6) is 0 Å². The van der Waals surface area contributed by atoms with Crippen LogP contribution in [-0.2, 0) is 43.7 Å². The van der Waals surface area contributed by atoms with Crippen molar-refractivity contribution >= 4 is 11.9 Å². The van der Waals surface area contributed by atoms with E-state index in [1.807, 2.05) is 0 Å². The van der Waals surface area contributed by atoms with Gasteiger partial charge in [0.15, 0.2) is 0 Å². The second-order valence-corrected chi connectivity index (χ2v) is 1.49. The van der Waals surface area contributed by atoms with Gasteiger partial charge >= 0.3 is 11.9 Å². The molecule has 0 aromatic rings. The van der Waals surface area contributed by atoms with Gasteiger partial charge in [0.25, 0.3) is 0 Å². The van der Waals surface area contributed by atoms with Crippen molar-refractivity contribution in [2.45, 2.75) is 26.7 Å². The maximum atomic E-state index is 9.37. The van der Waals surface area contributed by atoms with Gasteiger partial charge in [-0.2, -0.15) is 0 Å². The predicted molar refractivity (Wildman–Crippen MR) is 35.9 cm³/mol. The fraction of sp³-hybridized carbons (Fsp3) is 0.667. The zero-order valence-electron chi connectivity index (χ0n) is 6.88. The molecule has 0 aromatic heterocycles. The summed E-state index contributed by atoms with van der Waals surface area (Å²) in [5, 5.41) is 15.4. The van der Waals surface area contributed by atoms with Gasteiger partial charge in [-0.25, -0.2) is 0 Å². The minimum Gasteiger partial charge on any atom is -0.481 e. The van der Waals surface area contributed by atoms with Crippen molar-refractivity contribution in [1.82, 2.24) is 0 Å². The maximum Gasteiger partial charge on any atom is 0.303 e. The smallest absolute Gasteiger partial charge is 0.303 e. The Morgan fingerprint density at radius 2 is 1.00 bits per heavy atom. The standard InChI is InChI=1S/2C3H6O2.2Mn/c2*1-2-3(4)5;;/h2*2H2,1H3,(H,4,5);;. The molecule has 0 spiro atoms. The summed E-state index contributed by atoms with van der Waals surface area (Å²) in [6.07, 6.45) is 0.444. The average Bonchev–Trinajstić information content (AvgIpc) is 1.89. The molecule has 0 unspecified atom stereocenters. The molecule has 0 aliphatic carbocycles. The fourth-order valence-electron chi connectivity index (χ4n) is 0. The Morgan fingerprint density at radius 1 is 0.917 bits per heavy atom. The van der Waals surface area contributed by atoms with Crippen molar-refractivity contribution in [2.24, 2.45) is 0 Å². The van der Waals surface area contributed by atoms with Gasteiger partial charge < -0.3 is 10.2 Å². The molecule has 0 aromatic carbocycles. The van der Waals surface area contributed by atoms with Crippen LogP contribution in [0.3, 0.4) is 0 Å². The number of hydrogen-bond acceptors (Lipinski definition) is 2. The number of carbonyl (C=O) groups is 2. The summed E-state index contributed by atoms with van der Waals surface area (Å²) < 4.78 is 0. The molecule has 2 N–H and O–H groups in total. The SMILES string of the molecule is CCC(=O)O.CCC(=O)O.[Mn].[Mn]. The Bertz CT molecular complexity index is 102. The number of hydrogen-bond donors (Lipinski definition) is 2. The Morgan fingerprint density at radius 3 is 1.00 bits per heavy atom. The molecule has 0 saturated heterocycles. The molecule has 74 valence electrons. The Labute approximate surface area is 92.7 Å². The zero-order chi connectivity index (χ0) is 8.57. The van der Waals surface area contributed by atoms with E-state index >= 15 is 0 Å². The summed E-state index contributed by atoms with van der Waals surface area (Å²) in [6, 6.07) is 0. The van der Waals surface area contributed by atoms with Gasteiger partial charge in [-0.1, -0.05) is 13.8 Å². The minimum absolute atomic E-state index is 0. The van der Waals surface area contributed by atoms with Gasteiger partial charge in [0.05, 0.1) is 0 Å². The first-order chi connectivity index (χ1) is 4.54. The molecule has 4 nitrogen and oxygen atoms in total. The summed E-state index contributed by atoms with van der Waals surface area (Å²) in [5.41, 5.74) is 0. The van der Waals surface area contributed by atoms with Crippen molar-refractivity contribution in [1.29, 1.82) is 0 Å². The van der Waals surface area contributed by atoms with Crippen LogP contribution in [0.2, 0.25) is 0 Å². The average molecular weight is 258 g/mol. The first kappa shape index (κ1) is 22.7. The summed E-state index contributed by atoms with van der Waals surface area (Å²) in [6.45, 7) is 3.20. The third kappa shape index (κ3) is 50.8. The van der Waals surface area contributed by atoms with Crippen LogP contribution >= 0.6 is 0 Å². The van der Waals surface area contributed by atoms with E-state index < -0.39 is 11.9 Å². The van der Waals surface area contributed by atoms with Crippen molar-refractivity contribution in [3.05, 3.63) is 0 Å². The molecular weight excluding hydrogens is 246 g/mol. The van der Waals surface area contributed by atoms with Gasteiger partial charge in [0, 0.05) is 47.0 Å². The van der Waals surface area contributed by atoms with Gasteiger partial charge in [-0.3, -0.25) is 9.59 Å². The van der Waals surface area contributed by atoms with Crippen LogP contribution in [0.15, 0.2) is 0 Å². The third-order valence-electron chi connectivity index (χ3n) is 0.605. The molecule has 0 aliphatic heterocycles. The molecule has 0 bridgehead atoms. The first-order valence-corrected chi connectivity index (χ1v) is 2.98. The fourth-order valence-corrected chi connectivity index (χ4v) is 0. The number of aliphatic carboxylic acids is 2. The van der Waals surface area contributed by atoms with E-state index in [-0.39, 0.29) is 47.0 Å². The van der Waals surface area contributed by atoms with Gasteiger partial charge in [0.1, 0.15) is 0 Å². The van der Waals surface area contributed by atoms with E-state index in [0.29, 0.717) is 0 Å². The Hall–Kier alpha value is -0.0210. The largest absolute Gasteiger partial charge is 0.481 e. The molecule has 6 heteroatoms. The topological polar surface area (TPSA) is 74.6 Å². The van der Waals surface area contributed by atoms with E-state index in [9.17, 15) is 9.59 Å². The van der Waals surface area contributed by atoms with Crippen molar-refractivity contribution in [2.75, 3.05) is 0 Å². The number of rotatable bonds is 2. The molecule has 2 radical (unpaired) electrons. The monoisotopic (exact) mass is 258 g/mol. The van der Waals surface area contributed by atoms with Crippen LogP contribution in [-0.4, -0.2) is 22.2 Å². The van der Waals surface area contributed by atoms with E-state index in [2.05, 4.69) is 0 Å². The van der Waals surface area contributed by atoms with E-state index in [0.717, 1.165) is 0 Å². The predicted octanol–water partition coefficient (Wildman–Crippen LogP) is 0.957. The molecule has 0 rings (SSSR count). The van der Waals surface area contributed by atoms with E-state index in [1.165, 1.54) is 0 Å². The summed E-state index contributed by atoms with van der Waals surface area (Å²) in [7, 11) is 0. The van der Waals surface area contributed by atoms with E-state index in [4.69, 9.17) is 10.2 Å². The molecule has 0 fully saturated rings. The second-order valence-electron chi connectivity index (χ2n) is 1.49. The van der Waals surface area contributed by atoms with E-state index in [1.54, 1.807) is 13.8 Å². The van der Waals surface area contributed by atoms with Crippen LogP contribution in [0, 0.1) is 0 Å². The minimum atomic E-state index is -0.745. The molecule has 12 heavy (non-hydrogen) atoms. The molecule has 0 amide bonds. The van der Waals surface area contributed by atoms with Crippen LogP contribution in [0.1, 0.15) is 26.7 Å². The third-order valence-corrected chi connectivity index (χ3v) is 0.605. The first-order valence-electron chi connectivity index (χ1n) is 2.98. The van der Waals surface area contributed by atoms with Crippen LogP contribution in [0.4, 0.5) is 0 Å².